The highest BCUT2D eigenvalue weighted by Gasteiger charge is 2.40. The molecule has 226 valence electrons. The number of methoxy groups -OCH3 is 1. The molecule has 5 rings (SSSR count). The number of para-hydroxylation sites is 2. The number of carbonyl (C=O) groups excluding carboxylic acids is 2. The number of likely N-dealkylation sites (N-methyl/N-ethyl adjacent to an activating group) is 1. The molecule has 2 fully saturated rings. The summed E-state index contributed by atoms with van der Waals surface area (Å²) in [5.74, 6) is 0.606. The number of ether oxygens (including phenoxy) is 1. The van der Waals surface area contributed by atoms with Gasteiger partial charge in [-0.15, -0.1) is 0 Å². The third-order valence-electron chi connectivity index (χ3n) is 8.13. The summed E-state index contributed by atoms with van der Waals surface area (Å²) in [4.78, 5) is 44.4. The molecular weight excluding hydrogens is 546 g/mol. The maximum Gasteiger partial charge on any atom is 0.296 e. The van der Waals surface area contributed by atoms with Crippen LogP contribution in [0, 0.1) is 5.92 Å². The number of amides is 2. The van der Waals surface area contributed by atoms with Crippen molar-refractivity contribution in [2.75, 3.05) is 63.7 Å². The highest BCUT2D eigenvalue weighted by atomic mass is 19.3. The zero-order chi connectivity index (χ0) is 30.0. The molecule has 2 aliphatic rings. The zero-order valence-corrected chi connectivity index (χ0v) is 24.5. The van der Waals surface area contributed by atoms with Crippen LogP contribution in [-0.2, 0) is 14.3 Å². The Morgan fingerprint density at radius 3 is 2.76 bits per heavy atom. The van der Waals surface area contributed by atoms with E-state index in [0.717, 1.165) is 0 Å². The fourth-order valence-electron chi connectivity index (χ4n) is 5.81. The molecule has 2 saturated heterocycles. The van der Waals surface area contributed by atoms with Gasteiger partial charge < -0.3 is 24.8 Å². The van der Waals surface area contributed by atoms with Gasteiger partial charge in [0.25, 0.3) is 6.43 Å². The van der Waals surface area contributed by atoms with E-state index < -0.39 is 17.8 Å². The molecule has 1 N–H and O–H groups in total. The van der Waals surface area contributed by atoms with E-state index in [1.165, 1.54) is 4.57 Å². The van der Waals surface area contributed by atoms with Crippen molar-refractivity contribution in [3.05, 3.63) is 36.2 Å². The molecule has 3 aromatic rings. The van der Waals surface area contributed by atoms with Crippen LogP contribution in [-0.4, -0.2) is 100 Å². The second kappa shape index (κ2) is 12.2. The fraction of sp³-hybridized carbons (Fsp3) is 0.552. The molecule has 0 bridgehead atoms. The normalized spacial score (nSPS) is 21.0. The predicted molar refractivity (Wildman–Crippen MR) is 155 cm³/mol. The Labute approximate surface area is 243 Å². The van der Waals surface area contributed by atoms with Gasteiger partial charge in [-0.1, -0.05) is 12.1 Å². The van der Waals surface area contributed by atoms with Gasteiger partial charge in [-0.3, -0.25) is 14.2 Å². The van der Waals surface area contributed by atoms with Gasteiger partial charge in [-0.2, -0.15) is 9.97 Å². The van der Waals surface area contributed by atoms with E-state index >= 15 is 0 Å². The van der Waals surface area contributed by atoms with Crippen LogP contribution in [0.1, 0.15) is 45.4 Å². The largest absolute Gasteiger partial charge is 0.383 e. The minimum absolute atomic E-state index is 0.0483. The quantitative estimate of drug-likeness (QED) is 0.386. The number of likely N-dealkylation sites (tertiary alicyclic amines) is 2. The van der Waals surface area contributed by atoms with Crippen molar-refractivity contribution in [1.29, 1.82) is 0 Å². The third kappa shape index (κ3) is 6.01. The Hall–Kier alpha value is -3.87. The molecule has 2 amide bonds. The highest BCUT2D eigenvalue weighted by Crippen LogP contribution is 2.32. The average molecular weight is 585 g/mol. The number of anilines is 2. The predicted octanol–water partition coefficient (Wildman–Crippen LogP) is 3.50. The summed E-state index contributed by atoms with van der Waals surface area (Å²) in [7, 11) is 3.35. The number of fused-ring (bicyclic) bond motifs is 1. The molecule has 2 aromatic heterocycles. The first-order valence-corrected chi connectivity index (χ1v) is 14.3. The molecule has 0 radical (unpaired) electrons. The number of halogens is 2. The number of piperidine rings is 1. The Kier molecular flexibility index (Phi) is 8.58. The van der Waals surface area contributed by atoms with Gasteiger partial charge in [-0.05, 0) is 38.8 Å². The zero-order valence-electron chi connectivity index (χ0n) is 24.5. The number of nitrogens with zero attached hydrogens (tertiary/aromatic N) is 7. The molecule has 2 aliphatic heterocycles. The van der Waals surface area contributed by atoms with E-state index in [-0.39, 0.29) is 23.6 Å². The van der Waals surface area contributed by atoms with Crippen LogP contribution >= 0.6 is 0 Å². The van der Waals surface area contributed by atoms with Crippen LogP contribution < -0.4 is 10.2 Å². The molecule has 42 heavy (non-hydrogen) atoms. The molecule has 2 atom stereocenters. The molecule has 13 heteroatoms. The lowest BCUT2D eigenvalue weighted by molar-refractivity contribution is -0.141. The van der Waals surface area contributed by atoms with E-state index in [1.54, 1.807) is 49.4 Å². The molecule has 0 saturated carbocycles. The number of benzene rings is 1. The van der Waals surface area contributed by atoms with Crippen LogP contribution in [0.3, 0.4) is 0 Å². The Bertz CT molecular complexity index is 1450. The first-order chi connectivity index (χ1) is 20.1. The van der Waals surface area contributed by atoms with E-state index in [0.29, 0.717) is 81.4 Å². The lowest BCUT2D eigenvalue weighted by atomic mass is 9.96. The summed E-state index contributed by atoms with van der Waals surface area (Å²) in [5, 5.41) is 3.51. The van der Waals surface area contributed by atoms with E-state index in [9.17, 15) is 18.4 Å². The lowest BCUT2D eigenvalue weighted by Gasteiger charge is -2.32. The summed E-state index contributed by atoms with van der Waals surface area (Å²) in [5.41, 5.74) is 0.449. The van der Waals surface area contributed by atoms with E-state index in [4.69, 9.17) is 14.7 Å². The standard InChI is InChI=1S/C29H38F2N8O3/c1-5-37(14-15-42-4)28-33-22(16-23(34-28)39-21-9-7-6-8-20(21)32-26(39)25(30)31)35-29(2)12-13-38(18-29)27(41)19-10-11-24(40)36(3)17-19/h6-9,16,19,25H,5,10-15,17-18H2,1-4H3,(H,33,34,35)/t19?,29-/m0/s1. The monoisotopic (exact) mass is 584 g/mol. The number of rotatable bonds is 10. The maximum atomic E-state index is 14.2. The molecule has 1 aromatic carbocycles. The fourth-order valence-corrected chi connectivity index (χ4v) is 5.81. The first kappa shape index (κ1) is 29.6. The van der Waals surface area contributed by atoms with Crippen molar-refractivity contribution < 1.29 is 23.1 Å². The van der Waals surface area contributed by atoms with Gasteiger partial charge >= 0.3 is 0 Å². The van der Waals surface area contributed by atoms with Crippen molar-refractivity contribution in [1.82, 2.24) is 29.3 Å². The van der Waals surface area contributed by atoms with E-state index in [1.807, 2.05) is 23.6 Å². The minimum Gasteiger partial charge on any atom is -0.383 e. The lowest BCUT2D eigenvalue weighted by Crippen LogP contribution is -2.46. The van der Waals surface area contributed by atoms with Crippen molar-refractivity contribution in [3.63, 3.8) is 0 Å². The van der Waals surface area contributed by atoms with Crippen LogP contribution in [0.15, 0.2) is 30.3 Å². The number of carbonyl (C=O) groups is 2. The summed E-state index contributed by atoms with van der Waals surface area (Å²) in [6, 6.07) is 8.63. The number of nitrogens with one attached hydrogen (secondary N) is 1. The summed E-state index contributed by atoms with van der Waals surface area (Å²) in [6.07, 6.45) is -1.21. The van der Waals surface area contributed by atoms with Gasteiger partial charge in [0.05, 0.1) is 29.1 Å². The van der Waals surface area contributed by atoms with Crippen LogP contribution in [0.5, 0.6) is 0 Å². The maximum absolute atomic E-state index is 14.2. The second-order valence-corrected chi connectivity index (χ2v) is 11.3. The Morgan fingerprint density at radius 2 is 2.05 bits per heavy atom. The number of hydrogen-bond donors (Lipinski definition) is 1. The molecule has 0 aliphatic carbocycles. The van der Waals surface area contributed by atoms with Gasteiger partial charge in [-0.25, -0.2) is 13.8 Å². The molecule has 4 heterocycles. The van der Waals surface area contributed by atoms with Gasteiger partial charge in [0.1, 0.15) is 11.6 Å². The smallest absolute Gasteiger partial charge is 0.296 e. The Balaban J connectivity index is 1.47. The van der Waals surface area contributed by atoms with Crippen molar-refractivity contribution in [2.45, 2.75) is 45.1 Å². The number of alkyl halides is 2. The van der Waals surface area contributed by atoms with Crippen molar-refractivity contribution >= 4 is 34.6 Å². The highest BCUT2D eigenvalue weighted by molar-refractivity contribution is 5.84. The SMILES string of the molecule is CCN(CCOC)c1nc(N[C@@]2(C)CCN(C(=O)C3CCC(=O)N(C)C3)C2)cc(-n2c(C(F)F)nc3ccccc32)n1. The Morgan fingerprint density at radius 1 is 1.26 bits per heavy atom. The van der Waals surface area contributed by atoms with E-state index in [2.05, 4.69) is 10.3 Å². The van der Waals surface area contributed by atoms with Crippen molar-refractivity contribution in [2.24, 2.45) is 5.92 Å². The van der Waals surface area contributed by atoms with Gasteiger partial charge in [0.2, 0.25) is 17.8 Å². The second-order valence-electron chi connectivity index (χ2n) is 11.3. The minimum atomic E-state index is -2.82. The summed E-state index contributed by atoms with van der Waals surface area (Å²) >= 11 is 0. The average Bonchev–Trinajstić information content (AvgIpc) is 3.55. The molecule has 0 spiro atoms. The first-order valence-electron chi connectivity index (χ1n) is 14.3. The van der Waals surface area contributed by atoms with Crippen LogP contribution in [0.4, 0.5) is 20.5 Å². The number of aromatic nitrogens is 4. The van der Waals surface area contributed by atoms with Gasteiger partial charge in [0, 0.05) is 59.4 Å². The summed E-state index contributed by atoms with van der Waals surface area (Å²) < 4.78 is 35.1. The summed E-state index contributed by atoms with van der Waals surface area (Å²) in [6.45, 7) is 6.97. The van der Waals surface area contributed by atoms with Gasteiger partial charge in [0.15, 0.2) is 5.82 Å². The third-order valence-corrected chi connectivity index (χ3v) is 8.13. The number of imidazole rings is 1. The molecule has 11 nitrogen and oxygen atoms in total. The van der Waals surface area contributed by atoms with Crippen molar-refractivity contribution in [3.8, 4) is 5.82 Å². The number of hydrogen-bond acceptors (Lipinski definition) is 8. The topological polar surface area (TPSA) is 109 Å². The van der Waals surface area contributed by atoms with Crippen LogP contribution in [0.2, 0.25) is 0 Å². The van der Waals surface area contributed by atoms with Crippen LogP contribution in [0.25, 0.3) is 16.9 Å². The molecular formula is C29H38F2N8O3. The molecule has 1 unspecified atom stereocenters.